The molecule has 1 amide bonds. The molecule has 0 radical (unpaired) electrons. The Hall–Kier alpha value is -2.55. The molecule has 0 spiro atoms. The van der Waals surface area contributed by atoms with Crippen molar-refractivity contribution in [3.63, 3.8) is 0 Å². The van der Waals surface area contributed by atoms with Gasteiger partial charge in [0.15, 0.2) is 11.5 Å². The fraction of sp³-hybridized carbons (Fsp3) is 0.294. The maximum absolute atomic E-state index is 13.3. The van der Waals surface area contributed by atoms with Gasteiger partial charge in [-0.25, -0.2) is 13.8 Å². The number of carbonyl (C=O) groups excluding carboxylic acids is 1. The van der Waals surface area contributed by atoms with E-state index >= 15 is 0 Å². The summed E-state index contributed by atoms with van der Waals surface area (Å²) in [6, 6.07) is 5.38. The number of fused-ring (bicyclic) bond motifs is 1. The number of hydrogen-bond donors (Lipinski definition) is 1. The van der Waals surface area contributed by atoms with Crippen LogP contribution in [-0.2, 0) is 4.79 Å². The van der Waals surface area contributed by atoms with Crippen LogP contribution in [-0.4, -0.2) is 23.1 Å². The van der Waals surface area contributed by atoms with Crippen LogP contribution in [0, 0.1) is 5.41 Å². The second-order valence-electron chi connectivity index (χ2n) is 6.55. The molecule has 2 heterocycles. The lowest BCUT2D eigenvalue weighted by Crippen LogP contribution is -2.27. The third kappa shape index (κ3) is 2.95. The quantitative estimate of drug-likeness (QED) is 0.755. The van der Waals surface area contributed by atoms with E-state index in [1.807, 2.05) is 0 Å². The average molecular weight is 403 g/mol. The van der Waals surface area contributed by atoms with Crippen LogP contribution in [0.5, 0.6) is 11.5 Å². The number of carbonyl (C=O) groups is 1. The molecule has 4 rings (SSSR count). The van der Waals surface area contributed by atoms with Crippen molar-refractivity contribution < 1.29 is 31.8 Å². The van der Waals surface area contributed by atoms with E-state index in [0.717, 1.165) is 0 Å². The topological polar surface area (TPSA) is 60.5 Å². The van der Waals surface area contributed by atoms with E-state index < -0.39 is 30.0 Å². The van der Waals surface area contributed by atoms with Gasteiger partial charge in [0.05, 0.1) is 5.02 Å². The number of ether oxygens (including phenoxy) is 2. The second-order valence-corrected chi connectivity index (χ2v) is 6.95. The normalized spacial score (nSPS) is 23.8. The molecule has 1 aliphatic heterocycles. The van der Waals surface area contributed by atoms with Gasteiger partial charge in [0.2, 0.25) is 5.91 Å². The van der Waals surface area contributed by atoms with Crippen LogP contribution in [0.15, 0.2) is 30.5 Å². The van der Waals surface area contributed by atoms with Crippen molar-refractivity contribution in [2.24, 2.45) is 5.41 Å². The SMILES string of the molecule is CC1(C(=O)Nc2ccc(-c3cc4c(cc3Cl)OC(F)(F)O4)cn2)CC1(F)F. The van der Waals surface area contributed by atoms with Crippen LogP contribution >= 0.6 is 11.6 Å². The van der Waals surface area contributed by atoms with Crippen LogP contribution in [0.1, 0.15) is 13.3 Å². The summed E-state index contributed by atoms with van der Waals surface area (Å²) < 4.78 is 61.5. The van der Waals surface area contributed by atoms with Gasteiger partial charge in [0, 0.05) is 29.8 Å². The predicted molar refractivity (Wildman–Crippen MR) is 87.2 cm³/mol. The summed E-state index contributed by atoms with van der Waals surface area (Å²) in [7, 11) is 0. The maximum Gasteiger partial charge on any atom is 0.586 e. The molecule has 1 aliphatic carbocycles. The van der Waals surface area contributed by atoms with Crippen LogP contribution in [0.3, 0.4) is 0 Å². The van der Waals surface area contributed by atoms with E-state index in [0.29, 0.717) is 11.1 Å². The number of benzene rings is 1. The molecule has 2 aromatic rings. The summed E-state index contributed by atoms with van der Waals surface area (Å²) in [5, 5.41) is 2.46. The van der Waals surface area contributed by atoms with Gasteiger partial charge in [-0.15, -0.1) is 8.78 Å². The van der Waals surface area contributed by atoms with Gasteiger partial charge < -0.3 is 14.8 Å². The number of rotatable bonds is 3. The third-order valence-electron chi connectivity index (χ3n) is 4.57. The van der Waals surface area contributed by atoms with Gasteiger partial charge in [-0.2, -0.15) is 0 Å². The molecular formula is C17H11ClF4N2O3. The molecule has 10 heteroatoms. The Kier molecular flexibility index (Phi) is 3.62. The van der Waals surface area contributed by atoms with Gasteiger partial charge in [-0.3, -0.25) is 4.79 Å². The number of nitrogens with one attached hydrogen (secondary N) is 1. The molecular weight excluding hydrogens is 392 g/mol. The molecule has 1 N–H and O–H groups in total. The average Bonchev–Trinajstić information content (AvgIpc) is 2.94. The Morgan fingerprint density at radius 3 is 2.37 bits per heavy atom. The lowest BCUT2D eigenvalue weighted by Gasteiger charge is -2.11. The van der Waals surface area contributed by atoms with Crippen LogP contribution in [0.25, 0.3) is 11.1 Å². The van der Waals surface area contributed by atoms with Crippen LogP contribution < -0.4 is 14.8 Å². The maximum atomic E-state index is 13.3. The third-order valence-corrected chi connectivity index (χ3v) is 4.88. The zero-order valence-electron chi connectivity index (χ0n) is 13.7. The zero-order chi connectivity index (χ0) is 19.6. The molecule has 1 fully saturated rings. The highest BCUT2D eigenvalue weighted by atomic mass is 35.5. The van der Waals surface area contributed by atoms with Gasteiger partial charge in [-0.05, 0) is 25.1 Å². The summed E-state index contributed by atoms with van der Waals surface area (Å²) in [5.41, 5.74) is -0.940. The lowest BCUT2D eigenvalue weighted by atomic mass is 10.1. The van der Waals surface area contributed by atoms with E-state index in [9.17, 15) is 22.4 Å². The first-order valence-corrected chi connectivity index (χ1v) is 8.14. The van der Waals surface area contributed by atoms with Crippen molar-refractivity contribution in [1.82, 2.24) is 4.98 Å². The molecule has 1 atom stereocenters. The smallest absolute Gasteiger partial charge is 0.395 e. The molecule has 1 aromatic heterocycles. The van der Waals surface area contributed by atoms with E-state index in [1.54, 1.807) is 0 Å². The number of alkyl halides is 4. The molecule has 2 aliphatic rings. The Morgan fingerprint density at radius 2 is 1.81 bits per heavy atom. The van der Waals surface area contributed by atoms with Crippen LogP contribution in [0.2, 0.25) is 5.02 Å². The Morgan fingerprint density at radius 1 is 1.19 bits per heavy atom. The fourth-order valence-electron chi connectivity index (χ4n) is 2.72. The number of anilines is 1. The highest BCUT2D eigenvalue weighted by Crippen LogP contribution is 2.60. The van der Waals surface area contributed by atoms with Gasteiger partial charge in [-0.1, -0.05) is 11.6 Å². The van der Waals surface area contributed by atoms with Gasteiger partial charge in [0.25, 0.3) is 5.92 Å². The number of nitrogens with zero attached hydrogens (tertiary/aromatic N) is 1. The van der Waals surface area contributed by atoms with Crippen molar-refractivity contribution in [1.29, 1.82) is 0 Å². The standard InChI is InChI=1S/C17H11ClF4N2O3/c1-15(7-16(15,19)20)14(25)24-13-3-2-8(6-23-13)9-4-11-12(5-10(9)18)27-17(21,22)26-11/h2-6H,7H2,1H3,(H,23,24,25). The minimum absolute atomic E-state index is 0.0797. The molecule has 142 valence electrons. The van der Waals surface area contributed by atoms with E-state index in [4.69, 9.17) is 11.6 Å². The monoisotopic (exact) mass is 402 g/mol. The van der Waals surface area contributed by atoms with Crippen molar-refractivity contribution in [2.45, 2.75) is 25.6 Å². The zero-order valence-corrected chi connectivity index (χ0v) is 14.4. The number of aromatic nitrogens is 1. The number of pyridine rings is 1. The molecule has 1 aromatic carbocycles. The van der Waals surface area contributed by atoms with Crippen molar-refractivity contribution in [3.8, 4) is 22.6 Å². The number of amides is 1. The lowest BCUT2D eigenvalue weighted by molar-refractivity contribution is -0.286. The molecule has 1 unspecified atom stereocenters. The van der Waals surface area contributed by atoms with Crippen molar-refractivity contribution >= 4 is 23.3 Å². The van der Waals surface area contributed by atoms with Gasteiger partial charge >= 0.3 is 6.29 Å². The Balaban J connectivity index is 1.55. The number of halogens is 5. The molecule has 27 heavy (non-hydrogen) atoms. The molecule has 0 saturated heterocycles. The van der Waals surface area contributed by atoms with E-state index in [2.05, 4.69) is 19.8 Å². The highest BCUT2D eigenvalue weighted by molar-refractivity contribution is 6.33. The first-order valence-electron chi connectivity index (χ1n) is 7.76. The second kappa shape index (κ2) is 5.48. The Bertz CT molecular complexity index is 952. The largest absolute Gasteiger partial charge is 0.586 e. The summed E-state index contributed by atoms with van der Waals surface area (Å²) in [5.74, 6) is -4.14. The first kappa shape index (κ1) is 17.8. The van der Waals surface area contributed by atoms with E-state index in [-0.39, 0.29) is 22.3 Å². The number of hydrogen-bond acceptors (Lipinski definition) is 4. The summed E-state index contributed by atoms with van der Waals surface area (Å²) in [6.07, 6.45) is -2.95. The van der Waals surface area contributed by atoms with Gasteiger partial charge in [0.1, 0.15) is 11.2 Å². The highest BCUT2D eigenvalue weighted by Gasteiger charge is 2.72. The van der Waals surface area contributed by atoms with E-state index in [1.165, 1.54) is 37.4 Å². The molecule has 1 saturated carbocycles. The minimum atomic E-state index is -3.77. The summed E-state index contributed by atoms with van der Waals surface area (Å²) in [6.45, 7) is 1.18. The Labute approximate surface area is 155 Å². The van der Waals surface area contributed by atoms with Crippen molar-refractivity contribution in [3.05, 3.63) is 35.5 Å². The summed E-state index contributed by atoms with van der Waals surface area (Å²) >= 11 is 6.10. The molecule has 0 bridgehead atoms. The minimum Gasteiger partial charge on any atom is -0.395 e. The van der Waals surface area contributed by atoms with Crippen LogP contribution in [0.4, 0.5) is 23.4 Å². The van der Waals surface area contributed by atoms with Crippen molar-refractivity contribution in [2.75, 3.05) is 5.32 Å². The predicted octanol–water partition coefficient (Wildman–Crippen LogP) is 4.71. The first-order chi connectivity index (χ1) is 12.5. The summed E-state index contributed by atoms with van der Waals surface area (Å²) in [4.78, 5) is 15.9. The fourth-order valence-corrected chi connectivity index (χ4v) is 2.98. The molecule has 5 nitrogen and oxygen atoms in total.